The van der Waals surface area contributed by atoms with Crippen LogP contribution in [0.5, 0.6) is 0 Å². The molecule has 0 aromatic rings. The Bertz CT molecular complexity index is 341. The number of ether oxygens (including phenoxy) is 1. The van der Waals surface area contributed by atoms with Gasteiger partial charge in [0.25, 0.3) is 5.24 Å². The molecular weight excluding hydrogens is 258 g/mol. The quantitative estimate of drug-likeness (QED) is 0.759. The van der Waals surface area contributed by atoms with E-state index < -0.39 is 0 Å². The fraction of sp³-hybridized carbons (Fsp3) is 0.700. The van der Waals surface area contributed by atoms with E-state index in [1.807, 2.05) is 0 Å². The fourth-order valence-corrected chi connectivity index (χ4v) is 2.52. The third kappa shape index (κ3) is 3.36. The number of amides is 4. The van der Waals surface area contributed by atoms with Gasteiger partial charge in [-0.1, -0.05) is 11.8 Å². The molecule has 2 N–H and O–H groups in total. The number of nitrogens with one attached hydrogen (secondary N) is 2. The molecule has 1 unspecified atom stereocenters. The normalized spacial score (nSPS) is 23.6. The Morgan fingerprint density at radius 3 is 2.94 bits per heavy atom. The van der Waals surface area contributed by atoms with Crippen molar-refractivity contribution in [1.29, 1.82) is 0 Å². The molecule has 18 heavy (non-hydrogen) atoms. The van der Waals surface area contributed by atoms with Gasteiger partial charge in [-0.2, -0.15) is 0 Å². The fourth-order valence-electron chi connectivity index (χ4n) is 1.77. The molecule has 2 saturated heterocycles. The predicted octanol–water partition coefficient (Wildman–Crippen LogP) is 0.117. The lowest BCUT2D eigenvalue weighted by atomic mass is 10.3. The number of hydrogen-bond donors (Lipinski definition) is 2. The molecule has 0 radical (unpaired) electrons. The number of thioether (sulfide) groups is 1. The first-order valence-electron chi connectivity index (χ1n) is 5.80. The summed E-state index contributed by atoms with van der Waals surface area (Å²) in [6.45, 7) is 1.12. The molecule has 1 atom stereocenters. The van der Waals surface area contributed by atoms with E-state index in [-0.39, 0.29) is 42.2 Å². The Balaban J connectivity index is 1.64. The summed E-state index contributed by atoms with van der Waals surface area (Å²) < 4.78 is 5.24. The summed E-state index contributed by atoms with van der Waals surface area (Å²) in [5.74, 6) is -0.00709. The zero-order chi connectivity index (χ0) is 13.0. The zero-order valence-corrected chi connectivity index (χ0v) is 10.6. The molecule has 0 spiro atoms. The topological polar surface area (TPSA) is 87.7 Å². The predicted molar refractivity (Wildman–Crippen MR) is 65.1 cm³/mol. The largest absolute Gasteiger partial charge is 0.358 e. The number of rotatable bonds is 4. The highest BCUT2D eigenvalue weighted by Crippen LogP contribution is 2.17. The highest BCUT2D eigenvalue weighted by Gasteiger charge is 2.29. The number of urea groups is 1. The van der Waals surface area contributed by atoms with Crippen LogP contribution in [0.2, 0.25) is 0 Å². The lowest BCUT2D eigenvalue weighted by Gasteiger charge is -2.15. The third-order valence-corrected chi connectivity index (χ3v) is 3.54. The lowest BCUT2D eigenvalue weighted by molar-refractivity contribution is -0.124. The molecule has 0 aliphatic carbocycles. The first kappa shape index (κ1) is 13.2. The maximum absolute atomic E-state index is 11.4. The molecule has 8 heteroatoms. The van der Waals surface area contributed by atoms with Gasteiger partial charge in [0.1, 0.15) is 6.23 Å². The molecule has 2 fully saturated rings. The van der Waals surface area contributed by atoms with Crippen LogP contribution in [-0.4, -0.2) is 53.8 Å². The average molecular weight is 273 g/mol. The highest BCUT2D eigenvalue weighted by atomic mass is 32.2. The number of nitrogens with zero attached hydrogens (tertiary/aromatic N) is 1. The Morgan fingerprint density at radius 2 is 2.33 bits per heavy atom. The van der Waals surface area contributed by atoms with Crippen molar-refractivity contribution >= 4 is 28.9 Å². The SMILES string of the molecule is O=C(NCCN1C(=O)CSC1=O)NC1CCCO1. The summed E-state index contributed by atoms with van der Waals surface area (Å²) >= 11 is 0.988. The minimum atomic E-state index is -0.339. The van der Waals surface area contributed by atoms with Crippen molar-refractivity contribution in [1.82, 2.24) is 15.5 Å². The van der Waals surface area contributed by atoms with Gasteiger partial charge in [0.15, 0.2) is 0 Å². The number of imide groups is 1. The third-order valence-electron chi connectivity index (χ3n) is 2.68. The van der Waals surface area contributed by atoms with Crippen molar-refractivity contribution in [2.75, 3.05) is 25.4 Å². The standard InChI is InChI=1S/C10H15N3O4S/c14-8-6-18-10(16)13(8)4-3-11-9(15)12-7-2-1-5-17-7/h7H,1-6H2,(H2,11,12,15). The zero-order valence-electron chi connectivity index (χ0n) is 9.81. The van der Waals surface area contributed by atoms with E-state index >= 15 is 0 Å². The van der Waals surface area contributed by atoms with Gasteiger partial charge >= 0.3 is 6.03 Å². The smallest absolute Gasteiger partial charge is 0.316 e. The number of carbonyl (C=O) groups is 3. The average Bonchev–Trinajstić information content (AvgIpc) is 2.93. The van der Waals surface area contributed by atoms with Crippen LogP contribution in [0.1, 0.15) is 12.8 Å². The van der Waals surface area contributed by atoms with Crippen molar-refractivity contribution in [3.63, 3.8) is 0 Å². The summed E-state index contributed by atoms with van der Waals surface area (Å²) in [6, 6.07) is -0.339. The second-order valence-electron chi connectivity index (χ2n) is 4.00. The summed E-state index contributed by atoms with van der Waals surface area (Å²) in [7, 11) is 0. The molecular formula is C10H15N3O4S. The second-order valence-corrected chi connectivity index (χ2v) is 4.93. The van der Waals surface area contributed by atoms with Crippen molar-refractivity contribution in [3.05, 3.63) is 0 Å². The Hall–Kier alpha value is -1.28. The molecule has 7 nitrogen and oxygen atoms in total. The molecule has 0 bridgehead atoms. The molecule has 0 saturated carbocycles. The molecule has 0 aromatic heterocycles. The Labute approximate surface area is 109 Å². The molecule has 2 heterocycles. The van der Waals surface area contributed by atoms with Crippen LogP contribution in [-0.2, 0) is 9.53 Å². The van der Waals surface area contributed by atoms with E-state index in [1.54, 1.807) is 0 Å². The molecule has 2 aliphatic heterocycles. The Kier molecular flexibility index (Phi) is 4.43. The van der Waals surface area contributed by atoms with Gasteiger partial charge in [0, 0.05) is 19.7 Å². The minimum Gasteiger partial charge on any atom is -0.358 e. The summed E-state index contributed by atoms with van der Waals surface area (Å²) in [6.07, 6.45) is 1.53. The van der Waals surface area contributed by atoms with Gasteiger partial charge in [-0.25, -0.2) is 4.79 Å². The molecule has 2 rings (SSSR count). The van der Waals surface area contributed by atoms with E-state index in [9.17, 15) is 14.4 Å². The van der Waals surface area contributed by atoms with Gasteiger partial charge in [0.2, 0.25) is 5.91 Å². The number of carbonyl (C=O) groups excluding carboxylic acids is 3. The highest BCUT2D eigenvalue weighted by molar-refractivity contribution is 8.14. The van der Waals surface area contributed by atoms with Crippen molar-refractivity contribution < 1.29 is 19.1 Å². The van der Waals surface area contributed by atoms with Crippen LogP contribution < -0.4 is 10.6 Å². The van der Waals surface area contributed by atoms with Gasteiger partial charge < -0.3 is 15.4 Å². The lowest BCUT2D eigenvalue weighted by Crippen LogP contribution is -2.45. The monoisotopic (exact) mass is 273 g/mol. The summed E-state index contributed by atoms with van der Waals surface area (Å²) in [4.78, 5) is 35.1. The van der Waals surface area contributed by atoms with E-state index in [2.05, 4.69) is 10.6 Å². The van der Waals surface area contributed by atoms with E-state index in [0.717, 1.165) is 29.5 Å². The second kappa shape index (κ2) is 6.05. The molecule has 2 aliphatic rings. The van der Waals surface area contributed by atoms with Crippen LogP contribution in [0, 0.1) is 0 Å². The Morgan fingerprint density at radius 1 is 1.50 bits per heavy atom. The first-order chi connectivity index (χ1) is 8.66. The van der Waals surface area contributed by atoms with Gasteiger partial charge in [-0.15, -0.1) is 0 Å². The summed E-state index contributed by atoms with van der Waals surface area (Å²) in [5.41, 5.74) is 0. The van der Waals surface area contributed by atoms with Crippen LogP contribution in [0.25, 0.3) is 0 Å². The molecule has 100 valence electrons. The first-order valence-corrected chi connectivity index (χ1v) is 6.78. The number of hydrogen-bond acceptors (Lipinski definition) is 5. The maximum Gasteiger partial charge on any atom is 0.316 e. The van der Waals surface area contributed by atoms with Crippen molar-refractivity contribution in [2.24, 2.45) is 0 Å². The minimum absolute atomic E-state index is 0.195. The van der Waals surface area contributed by atoms with E-state index in [1.165, 1.54) is 0 Å². The van der Waals surface area contributed by atoms with Gasteiger partial charge in [-0.05, 0) is 12.8 Å². The van der Waals surface area contributed by atoms with Gasteiger partial charge in [-0.3, -0.25) is 14.5 Å². The van der Waals surface area contributed by atoms with E-state index in [0.29, 0.717) is 6.61 Å². The van der Waals surface area contributed by atoms with Crippen LogP contribution in [0.4, 0.5) is 9.59 Å². The van der Waals surface area contributed by atoms with Crippen LogP contribution in [0.15, 0.2) is 0 Å². The molecule has 4 amide bonds. The van der Waals surface area contributed by atoms with Crippen molar-refractivity contribution in [3.8, 4) is 0 Å². The van der Waals surface area contributed by atoms with Crippen LogP contribution in [0.3, 0.4) is 0 Å². The summed E-state index contributed by atoms with van der Waals surface area (Å²) in [5, 5.41) is 5.00. The maximum atomic E-state index is 11.4. The van der Waals surface area contributed by atoms with Crippen molar-refractivity contribution in [2.45, 2.75) is 19.1 Å². The molecule has 0 aromatic carbocycles. The van der Waals surface area contributed by atoms with E-state index in [4.69, 9.17) is 4.74 Å². The van der Waals surface area contributed by atoms with Gasteiger partial charge in [0.05, 0.1) is 5.75 Å². The van der Waals surface area contributed by atoms with Crippen LogP contribution >= 0.6 is 11.8 Å².